The molecule has 0 spiro atoms. The van der Waals surface area contributed by atoms with Crippen LogP contribution < -0.4 is 5.32 Å². The number of likely N-dealkylation sites (N-methyl/N-ethyl adjacent to an activating group) is 1. The molecule has 0 saturated heterocycles. The minimum absolute atomic E-state index is 0.323. The molecule has 0 aliphatic heterocycles. The summed E-state index contributed by atoms with van der Waals surface area (Å²) in [7, 11) is 4.16. The standard InChI is InChI=1S/C12H22N2OS/c1-14(2)11(12-6-4-8-15-12)10-13-7-5-9-16-3/h4,6,8,11,13H,5,7,9-10H2,1-3H3. The molecule has 4 heteroatoms. The second kappa shape index (κ2) is 7.76. The topological polar surface area (TPSA) is 28.4 Å². The van der Waals surface area contributed by atoms with Gasteiger partial charge < -0.3 is 9.73 Å². The van der Waals surface area contributed by atoms with Gasteiger partial charge in [-0.1, -0.05) is 0 Å². The second-order valence-corrected chi connectivity index (χ2v) is 5.03. The highest BCUT2D eigenvalue weighted by molar-refractivity contribution is 7.98. The highest BCUT2D eigenvalue weighted by Gasteiger charge is 2.15. The minimum Gasteiger partial charge on any atom is -0.468 e. The maximum Gasteiger partial charge on any atom is 0.122 e. The maximum absolute atomic E-state index is 5.45. The van der Waals surface area contributed by atoms with Crippen molar-refractivity contribution in [2.45, 2.75) is 12.5 Å². The Morgan fingerprint density at radius 1 is 1.50 bits per heavy atom. The lowest BCUT2D eigenvalue weighted by molar-refractivity contribution is 0.251. The number of nitrogens with one attached hydrogen (secondary N) is 1. The van der Waals surface area contributed by atoms with Crippen LogP contribution in [-0.4, -0.2) is 44.1 Å². The zero-order valence-corrected chi connectivity index (χ0v) is 11.2. The Labute approximate surface area is 103 Å². The predicted molar refractivity (Wildman–Crippen MR) is 71.0 cm³/mol. The van der Waals surface area contributed by atoms with Crippen LogP contribution in [0.3, 0.4) is 0 Å². The first-order valence-electron chi connectivity index (χ1n) is 5.65. The summed E-state index contributed by atoms with van der Waals surface area (Å²) < 4.78 is 5.45. The van der Waals surface area contributed by atoms with Crippen LogP contribution in [-0.2, 0) is 0 Å². The molecule has 1 aromatic heterocycles. The van der Waals surface area contributed by atoms with Crippen molar-refractivity contribution < 1.29 is 4.42 Å². The van der Waals surface area contributed by atoms with E-state index in [4.69, 9.17) is 4.42 Å². The lowest BCUT2D eigenvalue weighted by atomic mass is 10.2. The van der Waals surface area contributed by atoms with Crippen molar-refractivity contribution in [1.82, 2.24) is 10.2 Å². The lowest BCUT2D eigenvalue weighted by Crippen LogP contribution is -2.31. The van der Waals surface area contributed by atoms with E-state index in [1.807, 2.05) is 23.9 Å². The molecule has 16 heavy (non-hydrogen) atoms. The summed E-state index contributed by atoms with van der Waals surface area (Å²) in [6, 6.07) is 4.30. The van der Waals surface area contributed by atoms with Gasteiger partial charge in [-0.15, -0.1) is 0 Å². The largest absolute Gasteiger partial charge is 0.468 e. The third kappa shape index (κ3) is 4.60. The Hall–Kier alpha value is -0.450. The van der Waals surface area contributed by atoms with E-state index in [1.165, 1.54) is 12.2 Å². The molecule has 0 aliphatic rings. The number of hydrogen-bond acceptors (Lipinski definition) is 4. The van der Waals surface area contributed by atoms with Gasteiger partial charge in [0.15, 0.2) is 0 Å². The van der Waals surface area contributed by atoms with E-state index in [0.29, 0.717) is 6.04 Å². The smallest absolute Gasteiger partial charge is 0.122 e. The molecule has 3 nitrogen and oxygen atoms in total. The van der Waals surface area contributed by atoms with Gasteiger partial charge in [0, 0.05) is 6.54 Å². The molecule has 0 radical (unpaired) electrons. The van der Waals surface area contributed by atoms with Gasteiger partial charge >= 0.3 is 0 Å². The summed E-state index contributed by atoms with van der Waals surface area (Å²) in [5.41, 5.74) is 0. The van der Waals surface area contributed by atoms with Gasteiger partial charge in [-0.3, -0.25) is 4.90 Å². The molecule has 1 heterocycles. The summed E-state index contributed by atoms with van der Waals surface area (Å²) in [6.45, 7) is 2.01. The van der Waals surface area contributed by atoms with E-state index in [9.17, 15) is 0 Å². The van der Waals surface area contributed by atoms with Crippen LogP contribution in [0.2, 0.25) is 0 Å². The minimum atomic E-state index is 0.323. The molecule has 1 rings (SSSR count). The molecule has 92 valence electrons. The molecule has 0 aliphatic carbocycles. The molecule has 1 N–H and O–H groups in total. The first-order valence-corrected chi connectivity index (χ1v) is 7.04. The van der Waals surface area contributed by atoms with Crippen molar-refractivity contribution in [2.75, 3.05) is 39.2 Å². The fraction of sp³-hybridized carbons (Fsp3) is 0.667. The van der Waals surface area contributed by atoms with Crippen LogP contribution in [0.25, 0.3) is 0 Å². The summed E-state index contributed by atoms with van der Waals surface area (Å²) in [6.07, 6.45) is 5.10. The normalized spacial score (nSPS) is 13.2. The van der Waals surface area contributed by atoms with Gasteiger partial charge in [0.05, 0.1) is 12.3 Å². The third-order valence-corrected chi connectivity index (χ3v) is 3.23. The highest BCUT2D eigenvalue weighted by atomic mass is 32.2. The summed E-state index contributed by atoms with van der Waals surface area (Å²) in [5.74, 6) is 2.25. The fourth-order valence-electron chi connectivity index (χ4n) is 1.60. The van der Waals surface area contributed by atoms with E-state index in [-0.39, 0.29) is 0 Å². The van der Waals surface area contributed by atoms with E-state index < -0.39 is 0 Å². The first kappa shape index (κ1) is 13.6. The molecule has 0 fully saturated rings. The molecule has 1 aromatic rings. The Morgan fingerprint density at radius 3 is 2.88 bits per heavy atom. The monoisotopic (exact) mass is 242 g/mol. The van der Waals surface area contributed by atoms with Gasteiger partial charge in [-0.05, 0) is 51.2 Å². The fourth-order valence-corrected chi connectivity index (χ4v) is 2.03. The Kier molecular flexibility index (Phi) is 6.61. The quantitative estimate of drug-likeness (QED) is 0.708. The average molecular weight is 242 g/mol. The number of thioether (sulfide) groups is 1. The first-order chi connectivity index (χ1) is 7.75. The molecular weight excluding hydrogens is 220 g/mol. The molecule has 1 unspecified atom stereocenters. The lowest BCUT2D eigenvalue weighted by Gasteiger charge is -2.22. The Balaban J connectivity index is 2.30. The van der Waals surface area contributed by atoms with Crippen molar-refractivity contribution in [2.24, 2.45) is 0 Å². The van der Waals surface area contributed by atoms with Crippen molar-refractivity contribution in [3.05, 3.63) is 24.2 Å². The Bertz CT molecular complexity index is 262. The predicted octanol–water partition coefficient (Wildman–Crippen LogP) is 2.22. The Morgan fingerprint density at radius 2 is 2.31 bits per heavy atom. The summed E-state index contributed by atoms with van der Waals surface area (Å²) >= 11 is 1.90. The van der Waals surface area contributed by atoms with Crippen LogP contribution in [0, 0.1) is 0 Å². The van der Waals surface area contributed by atoms with E-state index in [0.717, 1.165) is 18.8 Å². The van der Waals surface area contributed by atoms with Crippen molar-refractivity contribution in [3.8, 4) is 0 Å². The zero-order valence-electron chi connectivity index (χ0n) is 10.4. The van der Waals surface area contributed by atoms with E-state index >= 15 is 0 Å². The zero-order chi connectivity index (χ0) is 11.8. The van der Waals surface area contributed by atoms with Gasteiger partial charge in [0.1, 0.15) is 5.76 Å². The SMILES string of the molecule is CSCCCNCC(c1ccco1)N(C)C. The molecule has 0 aromatic carbocycles. The molecule has 0 amide bonds. The number of rotatable bonds is 8. The number of hydrogen-bond donors (Lipinski definition) is 1. The number of furan rings is 1. The maximum atomic E-state index is 5.45. The number of nitrogens with zero attached hydrogens (tertiary/aromatic N) is 1. The average Bonchev–Trinajstić information content (AvgIpc) is 2.76. The van der Waals surface area contributed by atoms with Gasteiger partial charge in [0.2, 0.25) is 0 Å². The van der Waals surface area contributed by atoms with Crippen LogP contribution in [0.1, 0.15) is 18.2 Å². The van der Waals surface area contributed by atoms with E-state index in [1.54, 1.807) is 6.26 Å². The van der Waals surface area contributed by atoms with Crippen LogP contribution >= 0.6 is 11.8 Å². The van der Waals surface area contributed by atoms with Crippen LogP contribution in [0.4, 0.5) is 0 Å². The van der Waals surface area contributed by atoms with Gasteiger partial charge in [-0.25, -0.2) is 0 Å². The van der Waals surface area contributed by atoms with Crippen molar-refractivity contribution in [1.29, 1.82) is 0 Å². The second-order valence-electron chi connectivity index (χ2n) is 4.05. The molecular formula is C12H22N2OS. The van der Waals surface area contributed by atoms with E-state index in [2.05, 4.69) is 30.6 Å². The molecule has 0 bridgehead atoms. The van der Waals surface area contributed by atoms with Crippen LogP contribution in [0.5, 0.6) is 0 Å². The van der Waals surface area contributed by atoms with Gasteiger partial charge in [0.25, 0.3) is 0 Å². The molecule has 1 atom stereocenters. The van der Waals surface area contributed by atoms with Crippen LogP contribution in [0.15, 0.2) is 22.8 Å². The third-order valence-electron chi connectivity index (χ3n) is 2.53. The van der Waals surface area contributed by atoms with Crippen molar-refractivity contribution in [3.63, 3.8) is 0 Å². The van der Waals surface area contributed by atoms with Crippen molar-refractivity contribution >= 4 is 11.8 Å². The summed E-state index contributed by atoms with van der Waals surface area (Å²) in [5, 5.41) is 3.47. The summed E-state index contributed by atoms with van der Waals surface area (Å²) in [4.78, 5) is 2.18. The van der Waals surface area contributed by atoms with Gasteiger partial charge in [-0.2, -0.15) is 11.8 Å². The highest BCUT2D eigenvalue weighted by Crippen LogP contribution is 2.17. The molecule has 0 saturated carbocycles.